The fourth-order valence-electron chi connectivity index (χ4n) is 7.78. The van der Waals surface area contributed by atoms with Crippen LogP contribution in [0.5, 0.6) is 0 Å². The fraction of sp³-hybridized carbons (Fsp3) is 0.556. The highest BCUT2D eigenvalue weighted by Crippen LogP contribution is 2.65. The van der Waals surface area contributed by atoms with Gasteiger partial charge in [0.1, 0.15) is 0 Å². The topological polar surface area (TPSA) is 127 Å². The predicted molar refractivity (Wildman–Crippen MR) is 177 cm³/mol. The second kappa shape index (κ2) is 12.1. The Morgan fingerprint density at radius 3 is 1.82 bits per heavy atom. The molecule has 2 atom stereocenters. The predicted octanol–water partition coefficient (Wildman–Crippen LogP) is 6.64. The Kier molecular flexibility index (Phi) is 9.17. The molecule has 244 valence electrons. The monoisotopic (exact) mass is 619 g/mol. The molecular formula is C36H49N3O6. The molecular weight excluding hydrogens is 570 g/mol. The summed E-state index contributed by atoms with van der Waals surface area (Å²) in [6.07, 6.45) is 3.64. The van der Waals surface area contributed by atoms with Crippen molar-refractivity contribution in [2.75, 3.05) is 19.5 Å². The van der Waals surface area contributed by atoms with Gasteiger partial charge in [0.2, 0.25) is 11.8 Å². The Labute approximate surface area is 266 Å². The molecule has 0 bridgehead atoms. The van der Waals surface area contributed by atoms with Crippen molar-refractivity contribution < 1.29 is 28.7 Å². The second-order valence-electron chi connectivity index (χ2n) is 14.3. The first-order chi connectivity index (χ1) is 21.0. The summed E-state index contributed by atoms with van der Waals surface area (Å²) >= 11 is 0. The molecule has 1 aliphatic rings. The third kappa shape index (κ3) is 5.70. The lowest BCUT2D eigenvalue weighted by molar-refractivity contribution is -0.218. The van der Waals surface area contributed by atoms with Crippen LogP contribution in [-0.4, -0.2) is 48.5 Å². The van der Waals surface area contributed by atoms with Gasteiger partial charge in [-0.1, -0.05) is 46.6 Å². The molecule has 2 unspecified atom stereocenters. The number of aromatic amines is 1. The van der Waals surface area contributed by atoms with Crippen LogP contribution in [0.25, 0.3) is 21.8 Å². The number of methoxy groups -OCH3 is 2. The minimum absolute atomic E-state index is 0.00761. The van der Waals surface area contributed by atoms with Crippen molar-refractivity contribution in [1.29, 1.82) is 0 Å². The average molecular weight is 620 g/mol. The van der Waals surface area contributed by atoms with Gasteiger partial charge in [-0.05, 0) is 81.8 Å². The summed E-state index contributed by atoms with van der Waals surface area (Å²) in [5.41, 5.74) is -0.161. The van der Waals surface area contributed by atoms with E-state index in [4.69, 9.17) is 9.47 Å². The number of carbonyl (C=O) groups is 4. The third-order valence-electron chi connectivity index (χ3n) is 10.1. The molecule has 45 heavy (non-hydrogen) atoms. The molecule has 3 N–H and O–H groups in total. The number of ether oxygens (including phenoxy) is 2. The maximum atomic E-state index is 14.2. The van der Waals surface area contributed by atoms with Crippen LogP contribution in [0, 0.1) is 22.7 Å². The average Bonchev–Trinajstić information content (AvgIpc) is 3.33. The van der Waals surface area contributed by atoms with Crippen LogP contribution < -0.4 is 10.6 Å². The molecule has 2 amide bonds. The van der Waals surface area contributed by atoms with E-state index in [0.717, 1.165) is 41.1 Å². The lowest BCUT2D eigenvalue weighted by Crippen LogP contribution is -2.76. The number of hydrogen-bond acceptors (Lipinski definition) is 6. The Bertz CT molecular complexity index is 1610. The van der Waals surface area contributed by atoms with Crippen LogP contribution in [-0.2, 0) is 34.1 Å². The summed E-state index contributed by atoms with van der Waals surface area (Å²) in [4.78, 5) is 58.2. The van der Waals surface area contributed by atoms with Gasteiger partial charge >= 0.3 is 11.9 Å². The van der Waals surface area contributed by atoms with E-state index in [1.54, 1.807) is 6.07 Å². The van der Waals surface area contributed by atoms with Crippen LogP contribution in [0.3, 0.4) is 0 Å². The van der Waals surface area contributed by atoms with E-state index >= 15 is 0 Å². The van der Waals surface area contributed by atoms with E-state index < -0.39 is 52.0 Å². The van der Waals surface area contributed by atoms with Gasteiger partial charge < -0.3 is 25.1 Å². The number of nitrogens with one attached hydrogen (secondary N) is 3. The Morgan fingerprint density at radius 1 is 0.778 bits per heavy atom. The Morgan fingerprint density at radius 2 is 1.29 bits per heavy atom. The zero-order valence-electron chi connectivity index (χ0n) is 28.4. The SMILES string of the molecule is CCCC(C)(C)NC(=O)C1(C)C(C(=O)OC)C(C)(C(=O)Nc2ccc3[nH]c4ccc(C(C)(C)CCC)cc4c3c2)C1C(=O)OC. The number of aromatic nitrogens is 1. The molecule has 9 heteroatoms. The number of benzene rings is 2. The number of hydrogen-bond donors (Lipinski definition) is 3. The van der Waals surface area contributed by atoms with Crippen molar-refractivity contribution in [3.05, 3.63) is 42.0 Å². The maximum Gasteiger partial charge on any atom is 0.310 e. The molecule has 1 aliphatic carbocycles. The van der Waals surface area contributed by atoms with E-state index in [9.17, 15) is 19.2 Å². The van der Waals surface area contributed by atoms with Gasteiger partial charge in [0.15, 0.2) is 0 Å². The lowest BCUT2D eigenvalue weighted by atomic mass is 9.39. The number of anilines is 1. The summed E-state index contributed by atoms with van der Waals surface area (Å²) in [5, 5.41) is 7.95. The summed E-state index contributed by atoms with van der Waals surface area (Å²) in [6.45, 7) is 15.5. The lowest BCUT2D eigenvalue weighted by Gasteiger charge is -2.61. The fourth-order valence-corrected chi connectivity index (χ4v) is 7.78. The standard InChI is InChI=1S/C36H49N3O6/c1-11-17-33(3,4)21-13-15-25-23(19-21)24-20-22(14-16-26(24)38-25)37-31(42)35(7)27(29(40)44-9)36(8,28(35)30(41)45-10)32(43)39-34(5,6)18-12-2/h13-16,19-20,27-28,38H,11-12,17-18H2,1-10H3,(H,37,42)(H,39,43). The van der Waals surface area contributed by atoms with E-state index in [0.29, 0.717) is 12.1 Å². The Hall–Kier alpha value is -3.88. The molecule has 1 saturated carbocycles. The highest BCUT2D eigenvalue weighted by Gasteiger charge is 2.78. The van der Waals surface area contributed by atoms with E-state index in [2.05, 4.69) is 54.6 Å². The summed E-state index contributed by atoms with van der Waals surface area (Å²) < 4.78 is 10.3. The number of rotatable bonds is 11. The molecule has 1 fully saturated rings. The quantitative estimate of drug-likeness (QED) is 0.207. The third-order valence-corrected chi connectivity index (χ3v) is 10.1. The highest BCUT2D eigenvalue weighted by atomic mass is 16.5. The molecule has 3 aromatic rings. The van der Waals surface area contributed by atoms with Crippen molar-refractivity contribution >= 4 is 51.2 Å². The first-order valence-electron chi connectivity index (χ1n) is 15.9. The van der Waals surface area contributed by atoms with Gasteiger partial charge in [-0.3, -0.25) is 19.2 Å². The van der Waals surface area contributed by atoms with Crippen molar-refractivity contribution in [2.24, 2.45) is 22.7 Å². The Balaban J connectivity index is 1.75. The molecule has 0 saturated heterocycles. The second-order valence-corrected chi connectivity index (χ2v) is 14.3. The molecule has 0 spiro atoms. The zero-order chi connectivity index (χ0) is 33.5. The van der Waals surface area contributed by atoms with Gasteiger partial charge in [0, 0.05) is 33.0 Å². The summed E-state index contributed by atoms with van der Waals surface area (Å²) in [6, 6.07) is 12.0. The highest BCUT2D eigenvalue weighted by molar-refractivity contribution is 6.11. The minimum Gasteiger partial charge on any atom is -0.469 e. The van der Waals surface area contributed by atoms with Crippen molar-refractivity contribution in [3.63, 3.8) is 0 Å². The first-order valence-corrected chi connectivity index (χ1v) is 15.9. The summed E-state index contributed by atoms with van der Waals surface area (Å²) in [5.74, 6) is -5.04. The number of amides is 2. The van der Waals surface area contributed by atoms with Crippen molar-refractivity contribution in [2.45, 2.75) is 92.0 Å². The van der Waals surface area contributed by atoms with Gasteiger partial charge in [-0.25, -0.2) is 0 Å². The smallest absolute Gasteiger partial charge is 0.310 e. The van der Waals surface area contributed by atoms with Crippen LogP contribution in [0.1, 0.15) is 86.6 Å². The van der Waals surface area contributed by atoms with Gasteiger partial charge in [-0.2, -0.15) is 0 Å². The largest absolute Gasteiger partial charge is 0.469 e. The summed E-state index contributed by atoms with van der Waals surface area (Å²) in [7, 11) is 2.43. The van der Waals surface area contributed by atoms with Crippen LogP contribution in [0.4, 0.5) is 5.69 Å². The molecule has 4 rings (SSSR count). The molecule has 9 nitrogen and oxygen atoms in total. The zero-order valence-corrected chi connectivity index (χ0v) is 28.4. The van der Waals surface area contributed by atoms with Crippen LogP contribution >= 0.6 is 0 Å². The van der Waals surface area contributed by atoms with E-state index in [-0.39, 0.29) is 5.41 Å². The van der Waals surface area contributed by atoms with Crippen molar-refractivity contribution in [3.8, 4) is 0 Å². The number of carbonyl (C=O) groups excluding carboxylic acids is 4. The number of esters is 2. The normalized spacial score (nSPS) is 23.3. The molecule has 0 aliphatic heterocycles. The minimum atomic E-state index is -1.63. The molecule has 1 heterocycles. The molecule has 1 aromatic heterocycles. The van der Waals surface area contributed by atoms with Crippen molar-refractivity contribution in [1.82, 2.24) is 10.3 Å². The van der Waals surface area contributed by atoms with E-state index in [1.807, 2.05) is 32.9 Å². The van der Waals surface area contributed by atoms with Crippen LogP contribution in [0.15, 0.2) is 36.4 Å². The van der Waals surface area contributed by atoms with Gasteiger partial charge in [0.25, 0.3) is 0 Å². The van der Waals surface area contributed by atoms with Gasteiger partial charge in [0.05, 0.1) is 36.9 Å². The van der Waals surface area contributed by atoms with E-state index in [1.165, 1.54) is 33.6 Å². The molecule has 2 aromatic carbocycles. The van der Waals surface area contributed by atoms with Crippen LogP contribution in [0.2, 0.25) is 0 Å². The number of H-pyrrole nitrogens is 1. The molecule has 0 radical (unpaired) electrons. The first kappa shape index (κ1) is 34.0. The maximum absolute atomic E-state index is 14.2. The van der Waals surface area contributed by atoms with Gasteiger partial charge in [-0.15, -0.1) is 0 Å². The number of fused-ring (bicyclic) bond motifs is 3.